The second-order valence-electron chi connectivity index (χ2n) is 6.64. The molecule has 0 radical (unpaired) electrons. The first-order valence-electron chi connectivity index (χ1n) is 9.62. The highest BCUT2D eigenvalue weighted by Crippen LogP contribution is 2.23. The first kappa shape index (κ1) is 21.6. The lowest BCUT2D eigenvalue weighted by Gasteiger charge is -2.06. The van der Waals surface area contributed by atoms with Gasteiger partial charge in [-0.05, 0) is 54.0 Å². The van der Waals surface area contributed by atoms with E-state index in [-0.39, 0.29) is 6.79 Å². The van der Waals surface area contributed by atoms with Crippen LogP contribution in [0.1, 0.15) is 11.1 Å². The molecule has 0 unspecified atom stereocenters. The fourth-order valence-corrected chi connectivity index (χ4v) is 2.67. The Bertz CT molecular complexity index is 1060. The molecule has 0 bridgehead atoms. The molecular weight excluding hydrogens is 392 g/mol. The van der Waals surface area contributed by atoms with E-state index in [1.807, 2.05) is 19.1 Å². The van der Waals surface area contributed by atoms with Crippen LogP contribution in [0.4, 0.5) is 0 Å². The molecule has 0 aliphatic carbocycles. The molecule has 3 rings (SSSR count). The van der Waals surface area contributed by atoms with E-state index in [1.165, 1.54) is 11.6 Å². The number of benzene rings is 3. The molecule has 0 fully saturated rings. The Morgan fingerprint density at radius 2 is 1.39 bits per heavy atom. The van der Waals surface area contributed by atoms with Crippen LogP contribution in [0.25, 0.3) is 17.2 Å². The Kier molecular flexibility index (Phi) is 7.38. The van der Waals surface area contributed by atoms with Gasteiger partial charge in [-0.3, -0.25) is 0 Å². The monoisotopic (exact) mass is 414 g/mol. The molecule has 5 nitrogen and oxygen atoms in total. The highest BCUT2D eigenvalue weighted by molar-refractivity contribution is 5.88. The lowest BCUT2D eigenvalue weighted by Crippen LogP contribution is -2.07. The van der Waals surface area contributed by atoms with Crippen LogP contribution in [0, 0.1) is 6.92 Å². The predicted octanol–water partition coefficient (Wildman–Crippen LogP) is 5.35. The van der Waals surface area contributed by atoms with Gasteiger partial charge in [-0.25, -0.2) is 9.59 Å². The molecule has 0 saturated heterocycles. The van der Waals surface area contributed by atoms with Gasteiger partial charge in [0.05, 0.1) is 0 Å². The van der Waals surface area contributed by atoms with Gasteiger partial charge in [0.2, 0.25) is 6.79 Å². The van der Waals surface area contributed by atoms with Crippen LogP contribution >= 0.6 is 0 Å². The van der Waals surface area contributed by atoms with E-state index in [4.69, 9.17) is 14.2 Å². The molecule has 0 aromatic heterocycles. The van der Waals surface area contributed by atoms with E-state index in [0.29, 0.717) is 11.5 Å². The third-order valence-electron chi connectivity index (χ3n) is 4.34. The molecular formula is C26H22O5. The first-order chi connectivity index (χ1) is 15.0. The van der Waals surface area contributed by atoms with Gasteiger partial charge >= 0.3 is 11.9 Å². The predicted molar refractivity (Wildman–Crippen MR) is 120 cm³/mol. The normalized spacial score (nSPS) is 10.5. The summed E-state index contributed by atoms with van der Waals surface area (Å²) in [7, 11) is 0. The van der Waals surface area contributed by atoms with Gasteiger partial charge in [0.15, 0.2) is 0 Å². The molecule has 0 spiro atoms. The van der Waals surface area contributed by atoms with Crippen LogP contribution in [0.2, 0.25) is 0 Å². The van der Waals surface area contributed by atoms with Gasteiger partial charge in [-0.2, -0.15) is 0 Å². The zero-order chi connectivity index (χ0) is 22.1. The maximum Gasteiger partial charge on any atom is 0.336 e. The van der Waals surface area contributed by atoms with Gasteiger partial charge < -0.3 is 14.2 Å². The standard InChI is InChI=1S/C26H22O5/c1-3-25(27)30-18-29-23-13-6-20(7-14-23)8-17-26(28)31-24-15-11-22(12-16-24)21-9-4-19(2)5-10-21/h3-17H,1,18H2,2H3/b17-8+. The fraction of sp³-hybridized carbons (Fsp3) is 0.0769. The maximum absolute atomic E-state index is 12.1. The van der Waals surface area contributed by atoms with Crippen molar-refractivity contribution in [2.24, 2.45) is 0 Å². The summed E-state index contributed by atoms with van der Waals surface area (Å²) < 4.78 is 15.4. The molecule has 0 amide bonds. The van der Waals surface area contributed by atoms with Gasteiger partial charge in [-0.15, -0.1) is 0 Å². The van der Waals surface area contributed by atoms with Crippen LogP contribution in [0.5, 0.6) is 11.5 Å². The summed E-state index contributed by atoms with van der Waals surface area (Å²) in [6.45, 7) is 5.15. The molecule has 31 heavy (non-hydrogen) atoms. The number of carbonyl (C=O) groups excluding carboxylic acids is 2. The van der Waals surface area contributed by atoms with E-state index in [1.54, 1.807) is 42.5 Å². The number of carbonyl (C=O) groups is 2. The van der Waals surface area contributed by atoms with Crippen molar-refractivity contribution in [1.29, 1.82) is 0 Å². The SMILES string of the molecule is C=CC(=O)OCOc1ccc(/C=C/C(=O)Oc2ccc(-c3ccc(C)cc3)cc2)cc1. The zero-order valence-electron chi connectivity index (χ0n) is 17.1. The van der Waals surface area contributed by atoms with Crippen molar-refractivity contribution < 1.29 is 23.8 Å². The summed E-state index contributed by atoms with van der Waals surface area (Å²) in [4.78, 5) is 23.0. The van der Waals surface area contributed by atoms with Crippen LogP contribution in [-0.4, -0.2) is 18.7 Å². The van der Waals surface area contributed by atoms with E-state index < -0.39 is 11.9 Å². The van der Waals surface area contributed by atoms with Gasteiger partial charge in [0.1, 0.15) is 11.5 Å². The molecule has 156 valence electrons. The molecule has 0 N–H and O–H groups in total. The summed E-state index contributed by atoms with van der Waals surface area (Å²) in [5.41, 5.74) is 4.16. The number of ether oxygens (including phenoxy) is 3. The van der Waals surface area contributed by atoms with Crippen LogP contribution in [0.15, 0.2) is 91.5 Å². The Hall–Kier alpha value is -4.12. The Morgan fingerprint density at radius 3 is 2.00 bits per heavy atom. The molecule has 0 aliphatic rings. The van der Waals surface area contributed by atoms with Crippen molar-refractivity contribution in [3.8, 4) is 22.6 Å². The summed E-state index contributed by atoms with van der Waals surface area (Å²) in [6, 6.07) is 22.6. The second kappa shape index (κ2) is 10.6. The topological polar surface area (TPSA) is 61.8 Å². The van der Waals surface area contributed by atoms with Gasteiger partial charge in [0, 0.05) is 12.2 Å². The largest absolute Gasteiger partial charge is 0.457 e. The van der Waals surface area contributed by atoms with E-state index in [9.17, 15) is 9.59 Å². The molecule has 3 aromatic carbocycles. The fourth-order valence-electron chi connectivity index (χ4n) is 2.67. The molecule has 0 atom stereocenters. The summed E-state index contributed by atoms with van der Waals surface area (Å²) in [6.07, 6.45) is 4.06. The van der Waals surface area contributed by atoms with Crippen LogP contribution in [0.3, 0.4) is 0 Å². The van der Waals surface area contributed by atoms with E-state index in [0.717, 1.165) is 22.8 Å². The third kappa shape index (κ3) is 6.72. The Labute approximate surface area is 181 Å². The molecule has 5 heteroatoms. The van der Waals surface area contributed by atoms with Crippen molar-refractivity contribution in [1.82, 2.24) is 0 Å². The zero-order valence-corrected chi connectivity index (χ0v) is 17.1. The highest BCUT2D eigenvalue weighted by atomic mass is 16.7. The quantitative estimate of drug-likeness (QED) is 0.215. The Morgan fingerprint density at radius 1 is 0.806 bits per heavy atom. The minimum Gasteiger partial charge on any atom is -0.457 e. The van der Waals surface area contributed by atoms with Gasteiger partial charge in [0.25, 0.3) is 0 Å². The molecule has 0 saturated carbocycles. The number of rotatable bonds is 8. The number of aryl methyl sites for hydroxylation is 1. The summed E-state index contributed by atoms with van der Waals surface area (Å²) in [5, 5.41) is 0. The first-order valence-corrected chi connectivity index (χ1v) is 9.62. The van der Waals surface area contributed by atoms with E-state index in [2.05, 4.69) is 30.8 Å². The maximum atomic E-state index is 12.1. The highest BCUT2D eigenvalue weighted by Gasteiger charge is 2.03. The van der Waals surface area contributed by atoms with Crippen molar-refractivity contribution in [2.75, 3.05) is 6.79 Å². The molecule has 0 aliphatic heterocycles. The number of hydrogen-bond donors (Lipinski definition) is 0. The van der Waals surface area contributed by atoms with Crippen molar-refractivity contribution >= 4 is 18.0 Å². The number of hydrogen-bond acceptors (Lipinski definition) is 5. The van der Waals surface area contributed by atoms with Crippen molar-refractivity contribution in [2.45, 2.75) is 6.92 Å². The second-order valence-corrected chi connectivity index (χ2v) is 6.64. The third-order valence-corrected chi connectivity index (χ3v) is 4.34. The van der Waals surface area contributed by atoms with Crippen molar-refractivity contribution in [3.63, 3.8) is 0 Å². The van der Waals surface area contributed by atoms with Crippen molar-refractivity contribution in [3.05, 3.63) is 103 Å². The summed E-state index contributed by atoms with van der Waals surface area (Å²) >= 11 is 0. The lowest BCUT2D eigenvalue weighted by molar-refractivity contribution is -0.144. The minimum absolute atomic E-state index is 0.199. The van der Waals surface area contributed by atoms with Crippen LogP contribution in [-0.2, 0) is 14.3 Å². The summed E-state index contributed by atoms with van der Waals surface area (Å²) in [5.74, 6) is -0.0174. The minimum atomic E-state index is -0.553. The smallest absolute Gasteiger partial charge is 0.336 e. The molecule has 3 aromatic rings. The average Bonchev–Trinajstić information content (AvgIpc) is 2.79. The lowest BCUT2D eigenvalue weighted by atomic mass is 10.0. The Balaban J connectivity index is 1.51. The van der Waals surface area contributed by atoms with Crippen LogP contribution < -0.4 is 9.47 Å². The molecule has 0 heterocycles. The average molecular weight is 414 g/mol. The van der Waals surface area contributed by atoms with Gasteiger partial charge in [-0.1, -0.05) is 60.7 Å². The number of esters is 2. The van der Waals surface area contributed by atoms with E-state index >= 15 is 0 Å².